The van der Waals surface area contributed by atoms with Crippen LogP contribution in [-0.4, -0.2) is 30.7 Å². The number of rotatable bonds is 7. The molecule has 0 radical (unpaired) electrons. The van der Waals surface area contributed by atoms with Crippen LogP contribution < -0.4 is 19.5 Å². The molecule has 1 aliphatic rings. The Morgan fingerprint density at radius 3 is 3.04 bits per heavy atom. The fourth-order valence-corrected chi connectivity index (χ4v) is 3.08. The average Bonchev–Trinajstić information content (AvgIpc) is 2.67. The van der Waals surface area contributed by atoms with Crippen molar-refractivity contribution in [2.24, 2.45) is 0 Å². The summed E-state index contributed by atoms with van der Waals surface area (Å²) in [5.41, 5.74) is 1.34. The molecule has 0 bridgehead atoms. The number of aromatic nitrogens is 1. The summed E-state index contributed by atoms with van der Waals surface area (Å²) >= 11 is 3.43. The summed E-state index contributed by atoms with van der Waals surface area (Å²) in [6, 6.07) is 7.14. The zero-order valence-corrected chi connectivity index (χ0v) is 16.2. The first-order chi connectivity index (χ1) is 12.7. The van der Waals surface area contributed by atoms with Gasteiger partial charge in [0.25, 0.3) is 5.91 Å². The smallest absolute Gasteiger partial charge is 0.251 e. The highest BCUT2D eigenvalue weighted by Crippen LogP contribution is 2.38. The second kappa shape index (κ2) is 8.89. The molecule has 1 aliphatic heterocycles. The molecule has 1 amide bonds. The van der Waals surface area contributed by atoms with Crippen LogP contribution in [-0.2, 0) is 6.54 Å². The van der Waals surface area contributed by atoms with Gasteiger partial charge in [-0.25, -0.2) is 4.98 Å². The number of carbonyl (C=O) groups is 1. The third-order valence-electron chi connectivity index (χ3n) is 3.89. The highest BCUT2D eigenvalue weighted by Gasteiger charge is 2.19. The Morgan fingerprint density at radius 1 is 1.35 bits per heavy atom. The molecule has 1 aromatic carbocycles. The molecule has 0 atom stereocenters. The van der Waals surface area contributed by atoms with Crippen molar-refractivity contribution in [2.75, 3.05) is 19.8 Å². The van der Waals surface area contributed by atoms with Gasteiger partial charge in [-0.05, 0) is 40.5 Å². The minimum Gasteiger partial charge on any atom is -0.486 e. The molecule has 138 valence electrons. The summed E-state index contributed by atoms with van der Waals surface area (Å²) in [6.45, 7) is 4.02. The molecule has 1 aromatic heterocycles. The topological polar surface area (TPSA) is 69.7 Å². The number of nitrogens with zero attached hydrogens (tertiary/aromatic N) is 1. The standard InChI is InChI=1S/C19H21BrN2O4/c1-2-3-7-26-19-13(5-4-6-21-19)12-22-18(23)14-10-15(20)17-16(11-14)24-8-9-25-17/h4-6,10-11H,2-3,7-9,12H2,1H3,(H,22,23). The lowest BCUT2D eigenvalue weighted by atomic mass is 10.1. The van der Waals surface area contributed by atoms with E-state index in [1.54, 1.807) is 18.3 Å². The predicted octanol–water partition coefficient (Wildman–Crippen LogP) is 3.72. The average molecular weight is 421 g/mol. The SMILES string of the molecule is CCCCOc1ncccc1CNC(=O)c1cc(Br)c2c(c1)OCCO2. The van der Waals surface area contributed by atoms with Crippen LogP contribution in [0.2, 0.25) is 0 Å². The van der Waals surface area contributed by atoms with E-state index in [1.807, 2.05) is 12.1 Å². The summed E-state index contributed by atoms with van der Waals surface area (Å²) in [4.78, 5) is 16.8. The Labute approximate surface area is 161 Å². The number of carbonyl (C=O) groups excluding carboxylic acids is 1. The molecule has 0 unspecified atom stereocenters. The number of ether oxygens (including phenoxy) is 3. The van der Waals surface area contributed by atoms with E-state index in [0.29, 0.717) is 53.8 Å². The number of pyridine rings is 1. The van der Waals surface area contributed by atoms with Gasteiger partial charge in [-0.2, -0.15) is 0 Å². The van der Waals surface area contributed by atoms with Gasteiger partial charge in [0, 0.05) is 23.9 Å². The van der Waals surface area contributed by atoms with Gasteiger partial charge in [-0.3, -0.25) is 4.79 Å². The maximum atomic E-state index is 12.5. The molecule has 0 fully saturated rings. The zero-order valence-electron chi connectivity index (χ0n) is 14.6. The quantitative estimate of drug-likeness (QED) is 0.691. The van der Waals surface area contributed by atoms with E-state index in [9.17, 15) is 4.79 Å². The van der Waals surface area contributed by atoms with Crippen LogP contribution in [0.1, 0.15) is 35.7 Å². The van der Waals surface area contributed by atoms with E-state index in [2.05, 4.69) is 33.2 Å². The highest BCUT2D eigenvalue weighted by molar-refractivity contribution is 9.10. The molecular formula is C19H21BrN2O4. The third kappa shape index (κ3) is 4.46. The number of hydrogen-bond donors (Lipinski definition) is 1. The number of amides is 1. The molecule has 2 aromatic rings. The summed E-state index contributed by atoms with van der Waals surface area (Å²) < 4.78 is 17.5. The Hall–Kier alpha value is -2.28. The first kappa shape index (κ1) is 18.5. The van der Waals surface area contributed by atoms with Crippen molar-refractivity contribution >= 4 is 21.8 Å². The van der Waals surface area contributed by atoms with Crippen LogP contribution in [0.15, 0.2) is 34.9 Å². The van der Waals surface area contributed by atoms with Crippen molar-refractivity contribution in [3.8, 4) is 17.4 Å². The number of unbranched alkanes of at least 4 members (excludes halogenated alkanes) is 1. The third-order valence-corrected chi connectivity index (χ3v) is 4.47. The molecule has 7 heteroatoms. The zero-order chi connectivity index (χ0) is 18.4. The number of benzene rings is 1. The van der Waals surface area contributed by atoms with Crippen molar-refractivity contribution in [1.29, 1.82) is 0 Å². The van der Waals surface area contributed by atoms with E-state index in [-0.39, 0.29) is 5.91 Å². The summed E-state index contributed by atoms with van der Waals surface area (Å²) in [5, 5.41) is 2.90. The van der Waals surface area contributed by atoms with Gasteiger partial charge >= 0.3 is 0 Å². The highest BCUT2D eigenvalue weighted by atomic mass is 79.9. The second-order valence-corrected chi connectivity index (χ2v) is 6.69. The normalized spacial score (nSPS) is 12.5. The number of hydrogen-bond acceptors (Lipinski definition) is 5. The van der Waals surface area contributed by atoms with Gasteiger partial charge < -0.3 is 19.5 Å². The van der Waals surface area contributed by atoms with Gasteiger partial charge in [0.05, 0.1) is 11.1 Å². The molecule has 0 aliphatic carbocycles. The Balaban J connectivity index is 1.67. The van der Waals surface area contributed by atoms with Crippen LogP contribution in [0.5, 0.6) is 17.4 Å². The van der Waals surface area contributed by atoms with E-state index in [1.165, 1.54) is 0 Å². The minimum absolute atomic E-state index is 0.203. The van der Waals surface area contributed by atoms with Crippen molar-refractivity contribution in [3.63, 3.8) is 0 Å². The second-order valence-electron chi connectivity index (χ2n) is 5.83. The van der Waals surface area contributed by atoms with E-state index in [4.69, 9.17) is 14.2 Å². The lowest BCUT2D eigenvalue weighted by Gasteiger charge is -2.20. The molecule has 0 saturated heterocycles. The fraction of sp³-hybridized carbons (Fsp3) is 0.368. The number of halogens is 1. The molecule has 1 N–H and O–H groups in total. The number of nitrogens with one attached hydrogen (secondary N) is 1. The van der Waals surface area contributed by atoms with Crippen LogP contribution >= 0.6 is 15.9 Å². The summed E-state index contributed by atoms with van der Waals surface area (Å²) in [7, 11) is 0. The van der Waals surface area contributed by atoms with Crippen molar-refractivity contribution in [3.05, 3.63) is 46.1 Å². The van der Waals surface area contributed by atoms with Crippen LogP contribution in [0.4, 0.5) is 0 Å². The van der Waals surface area contributed by atoms with Gasteiger partial charge in [-0.15, -0.1) is 0 Å². The Kier molecular flexibility index (Phi) is 6.33. The van der Waals surface area contributed by atoms with Gasteiger partial charge in [0.1, 0.15) is 13.2 Å². The molecule has 26 heavy (non-hydrogen) atoms. The molecule has 3 rings (SSSR count). The van der Waals surface area contributed by atoms with Gasteiger partial charge in [0.2, 0.25) is 5.88 Å². The molecule has 0 spiro atoms. The minimum atomic E-state index is -0.203. The first-order valence-corrected chi connectivity index (χ1v) is 9.42. The molecule has 0 saturated carbocycles. The predicted molar refractivity (Wildman–Crippen MR) is 101 cm³/mol. The fourth-order valence-electron chi connectivity index (χ4n) is 2.52. The van der Waals surface area contributed by atoms with E-state index >= 15 is 0 Å². The Bertz CT molecular complexity index is 782. The van der Waals surface area contributed by atoms with Crippen molar-refractivity contribution < 1.29 is 19.0 Å². The lowest BCUT2D eigenvalue weighted by molar-refractivity contribution is 0.0949. The summed E-state index contributed by atoms with van der Waals surface area (Å²) in [5.74, 6) is 1.56. The van der Waals surface area contributed by atoms with Crippen molar-refractivity contribution in [2.45, 2.75) is 26.3 Å². The van der Waals surface area contributed by atoms with Crippen molar-refractivity contribution in [1.82, 2.24) is 10.3 Å². The van der Waals surface area contributed by atoms with Gasteiger partial charge in [0.15, 0.2) is 11.5 Å². The largest absolute Gasteiger partial charge is 0.486 e. The molecular weight excluding hydrogens is 400 g/mol. The van der Waals surface area contributed by atoms with E-state index in [0.717, 1.165) is 18.4 Å². The lowest BCUT2D eigenvalue weighted by Crippen LogP contribution is -2.24. The van der Waals surface area contributed by atoms with Crippen LogP contribution in [0.3, 0.4) is 0 Å². The molecule has 2 heterocycles. The van der Waals surface area contributed by atoms with Crippen LogP contribution in [0.25, 0.3) is 0 Å². The maximum absolute atomic E-state index is 12.5. The molecule has 6 nitrogen and oxygen atoms in total. The van der Waals surface area contributed by atoms with E-state index < -0.39 is 0 Å². The Morgan fingerprint density at radius 2 is 2.19 bits per heavy atom. The monoisotopic (exact) mass is 420 g/mol. The first-order valence-electron chi connectivity index (χ1n) is 8.63. The maximum Gasteiger partial charge on any atom is 0.251 e. The summed E-state index contributed by atoms with van der Waals surface area (Å²) in [6.07, 6.45) is 3.70. The van der Waals surface area contributed by atoms with Gasteiger partial charge in [-0.1, -0.05) is 19.4 Å². The van der Waals surface area contributed by atoms with Crippen LogP contribution in [0, 0.1) is 0 Å². The number of fused-ring (bicyclic) bond motifs is 1.